The van der Waals surface area contributed by atoms with E-state index in [1.54, 1.807) is 0 Å². The Bertz CT molecular complexity index is 809. The van der Waals surface area contributed by atoms with Gasteiger partial charge in [0.2, 0.25) is 18.6 Å². The molecule has 1 aliphatic heterocycles. The van der Waals surface area contributed by atoms with Gasteiger partial charge >= 0.3 is 0 Å². The highest BCUT2D eigenvalue weighted by Crippen LogP contribution is 2.37. The maximum atomic E-state index is 11.7. The third-order valence-electron chi connectivity index (χ3n) is 3.45. The van der Waals surface area contributed by atoms with Gasteiger partial charge in [0.25, 0.3) is 0 Å². The summed E-state index contributed by atoms with van der Waals surface area (Å²) in [4.78, 5) is 27.2. The van der Waals surface area contributed by atoms with Crippen LogP contribution in [0, 0.1) is 0 Å². The van der Waals surface area contributed by atoms with Crippen molar-refractivity contribution in [3.8, 4) is 11.5 Å². The first-order chi connectivity index (χ1) is 11.6. The van der Waals surface area contributed by atoms with E-state index in [2.05, 4.69) is 21.9 Å². The summed E-state index contributed by atoms with van der Waals surface area (Å²) in [5, 5.41) is 1.77. The summed E-state index contributed by atoms with van der Waals surface area (Å²) in [6.07, 6.45) is 0.799. The summed E-state index contributed by atoms with van der Waals surface area (Å²) in [6.45, 7) is 3.59. The molecular formula is C16H17N3O4S. The average Bonchev–Trinajstić information content (AvgIpc) is 3.02. The molecule has 1 aliphatic rings. The van der Waals surface area contributed by atoms with Gasteiger partial charge in [-0.1, -0.05) is 18.7 Å². The van der Waals surface area contributed by atoms with Gasteiger partial charge in [0.05, 0.1) is 11.3 Å². The van der Waals surface area contributed by atoms with Crippen LogP contribution in [0.2, 0.25) is 0 Å². The molecule has 8 heteroatoms. The molecule has 0 saturated heterocycles. The zero-order valence-electron chi connectivity index (χ0n) is 13.3. The van der Waals surface area contributed by atoms with E-state index in [0.29, 0.717) is 5.75 Å². The molecule has 1 aromatic heterocycles. The van der Waals surface area contributed by atoms with Crippen molar-refractivity contribution >= 4 is 34.5 Å². The number of hydrazine groups is 1. The van der Waals surface area contributed by atoms with Crippen molar-refractivity contribution in [3.05, 3.63) is 23.8 Å². The molecule has 0 unspecified atom stereocenters. The zero-order chi connectivity index (χ0) is 17.1. The Morgan fingerprint density at radius 1 is 1.21 bits per heavy atom. The van der Waals surface area contributed by atoms with Crippen molar-refractivity contribution in [3.63, 3.8) is 0 Å². The van der Waals surface area contributed by atoms with E-state index in [9.17, 15) is 9.59 Å². The predicted molar refractivity (Wildman–Crippen MR) is 89.9 cm³/mol. The van der Waals surface area contributed by atoms with E-state index in [-0.39, 0.29) is 24.4 Å². The number of pyridine rings is 1. The highest BCUT2D eigenvalue weighted by Gasteiger charge is 2.16. The van der Waals surface area contributed by atoms with E-state index in [4.69, 9.17) is 9.47 Å². The normalized spacial score (nSPS) is 12.2. The number of benzene rings is 1. The van der Waals surface area contributed by atoms with Gasteiger partial charge in [0.15, 0.2) is 11.5 Å². The number of amides is 2. The number of carbonyl (C=O) groups excluding carboxylic acids is 2. The number of carbonyl (C=O) groups is 2. The van der Waals surface area contributed by atoms with E-state index >= 15 is 0 Å². The Labute approximate surface area is 143 Å². The quantitative estimate of drug-likeness (QED) is 0.647. The minimum absolute atomic E-state index is 0.163. The fourth-order valence-electron chi connectivity index (χ4n) is 2.30. The number of nitrogens with one attached hydrogen (secondary N) is 2. The molecule has 126 valence electrons. The van der Waals surface area contributed by atoms with E-state index in [0.717, 1.165) is 33.7 Å². The lowest BCUT2D eigenvalue weighted by atomic mass is 10.1. The topological polar surface area (TPSA) is 89.6 Å². The molecule has 0 saturated carbocycles. The maximum Gasteiger partial charge on any atom is 0.248 e. The Morgan fingerprint density at radius 3 is 2.67 bits per heavy atom. The highest BCUT2D eigenvalue weighted by molar-refractivity contribution is 7.99. The van der Waals surface area contributed by atoms with Crippen LogP contribution in [0.15, 0.2) is 23.2 Å². The molecule has 0 fully saturated rings. The van der Waals surface area contributed by atoms with Crippen molar-refractivity contribution in [2.45, 2.75) is 25.3 Å². The molecule has 0 aliphatic carbocycles. The van der Waals surface area contributed by atoms with Gasteiger partial charge in [-0.3, -0.25) is 20.4 Å². The lowest BCUT2D eigenvalue weighted by molar-refractivity contribution is -0.126. The van der Waals surface area contributed by atoms with Crippen LogP contribution in [-0.4, -0.2) is 29.3 Å². The highest BCUT2D eigenvalue weighted by atomic mass is 32.2. The van der Waals surface area contributed by atoms with Crippen molar-refractivity contribution < 1.29 is 19.1 Å². The fraction of sp³-hybridized carbons (Fsp3) is 0.312. The van der Waals surface area contributed by atoms with E-state index < -0.39 is 0 Å². The van der Waals surface area contributed by atoms with Crippen LogP contribution in [0.5, 0.6) is 11.5 Å². The summed E-state index contributed by atoms with van der Waals surface area (Å²) >= 11 is 1.33. The number of nitrogens with zero attached hydrogens (tertiary/aromatic N) is 1. The summed E-state index contributed by atoms with van der Waals surface area (Å²) in [7, 11) is 0. The molecule has 3 rings (SSSR count). The van der Waals surface area contributed by atoms with Gasteiger partial charge in [-0.15, -0.1) is 0 Å². The van der Waals surface area contributed by atoms with Gasteiger partial charge in [-0.05, 0) is 24.1 Å². The van der Waals surface area contributed by atoms with Crippen LogP contribution in [0.4, 0.5) is 0 Å². The molecule has 0 atom stereocenters. The molecule has 24 heavy (non-hydrogen) atoms. The van der Waals surface area contributed by atoms with E-state index in [1.807, 2.05) is 19.1 Å². The molecule has 7 nitrogen and oxygen atoms in total. The third kappa shape index (κ3) is 3.53. The molecule has 0 spiro atoms. The number of thioether (sulfide) groups is 1. The summed E-state index contributed by atoms with van der Waals surface area (Å²) < 4.78 is 10.8. The number of hydrogen-bond acceptors (Lipinski definition) is 6. The second kappa shape index (κ2) is 6.96. The zero-order valence-corrected chi connectivity index (χ0v) is 14.2. The molecule has 0 bridgehead atoms. The van der Waals surface area contributed by atoms with Crippen LogP contribution in [0.3, 0.4) is 0 Å². The number of hydrogen-bond donors (Lipinski definition) is 2. The van der Waals surface area contributed by atoms with Gasteiger partial charge in [0, 0.05) is 18.4 Å². The molecule has 1 aromatic carbocycles. The van der Waals surface area contributed by atoms with Gasteiger partial charge in [0.1, 0.15) is 5.03 Å². The van der Waals surface area contributed by atoms with E-state index in [1.165, 1.54) is 18.7 Å². The van der Waals surface area contributed by atoms with Crippen LogP contribution in [0.25, 0.3) is 10.9 Å². The molecule has 2 aromatic rings. The van der Waals surface area contributed by atoms with Crippen molar-refractivity contribution in [2.24, 2.45) is 0 Å². The smallest absolute Gasteiger partial charge is 0.248 e. The SMILES string of the molecule is CCc1cc2cc3c(cc2nc1SCC(=O)NNC(C)=O)OCO3. The molecule has 2 heterocycles. The molecule has 2 amide bonds. The Balaban J connectivity index is 1.80. The summed E-state index contributed by atoms with van der Waals surface area (Å²) in [5.41, 5.74) is 6.45. The van der Waals surface area contributed by atoms with Crippen molar-refractivity contribution in [1.29, 1.82) is 0 Å². The Hall–Kier alpha value is -2.48. The summed E-state index contributed by atoms with van der Waals surface area (Å²) in [6, 6.07) is 5.82. The molecular weight excluding hydrogens is 330 g/mol. The number of fused-ring (bicyclic) bond motifs is 2. The monoisotopic (exact) mass is 347 g/mol. The average molecular weight is 347 g/mol. The lowest BCUT2D eigenvalue weighted by Gasteiger charge is -2.10. The first kappa shape index (κ1) is 16.4. The maximum absolute atomic E-state index is 11.7. The first-order valence-corrected chi connectivity index (χ1v) is 8.47. The largest absolute Gasteiger partial charge is 0.454 e. The fourth-order valence-corrected chi connectivity index (χ4v) is 3.19. The van der Waals surface area contributed by atoms with Crippen LogP contribution < -0.4 is 20.3 Å². The number of rotatable bonds is 4. The molecule has 0 radical (unpaired) electrons. The predicted octanol–water partition coefficient (Wildman–Crippen LogP) is 1.79. The Morgan fingerprint density at radius 2 is 1.96 bits per heavy atom. The third-order valence-corrected chi connectivity index (χ3v) is 4.48. The summed E-state index contributed by atoms with van der Waals surface area (Å²) in [5.74, 6) is 0.962. The second-order valence-electron chi connectivity index (χ2n) is 5.22. The first-order valence-electron chi connectivity index (χ1n) is 7.48. The molecule has 2 N–H and O–H groups in total. The van der Waals surface area contributed by atoms with Crippen LogP contribution in [-0.2, 0) is 16.0 Å². The standard InChI is InChI=1S/C16H17N3O4S/c1-3-10-4-11-5-13-14(23-8-22-13)6-12(11)17-16(10)24-7-15(21)19-18-9(2)20/h4-6H,3,7-8H2,1-2H3,(H,18,20)(H,19,21). The minimum Gasteiger partial charge on any atom is -0.454 e. The van der Waals surface area contributed by atoms with Crippen LogP contribution >= 0.6 is 11.8 Å². The number of ether oxygens (including phenoxy) is 2. The lowest BCUT2D eigenvalue weighted by Crippen LogP contribution is -2.41. The minimum atomic E-state index is -0.317. The van der Waals surface area contributed by atoms with Crippen LogP contribution in [0.1, 0.15) is 19.4 Å². The number of aryl methyl sites for hydroxylation is 1. The second-order valence-corrected chi connectivity index (χ2v) is 6.19. The number of aromatic nitrogens is 1. The van der Waals surface area contributed by atoms with Crippen molar-refractivity contribution in [2.75, 3.05) is 12.5 Å². The Kier molecular flexibility index (Phi) is 4.75. The van der Waals surface area contributed by atoms with Gasteiger partial charge in [-0.2, -0.15) is 0 Å². The van der Waals surface area contributed by atoms with Gasteiger partial charge < -0.3 is 9.47 Å². The van der Waals surface area contributed by atoms with Gasteiger partial charge in [-0.25, -0.2) is 4.98 Å². The van der Waals surface area contributed by atoms with Crippen molar-refractivity contribution in [1.82, 2.24) is 15.8 Å².